The minimum atomic E-state index is -0.326. The van der Waals surface area contributed by atoms with Crippen LogP contribution in [-0.4, -0.2) is 18.5 Å². The molecule has 0 saturated carbocycles. The molecule has 1 atom stereocenters. The monoisotopic (exact) mass is 516 g/mol. The number of hydrogen-bond donors (Lipinski definition) is 2. The molecule has 1 heterocycles. The van der Waals surface area contributed by atoms with Gasteiger partial charge in [-0.3, -0.25) is 4.79 Å². The van der Waals surface area contributed by atoms with E-state index in [1.54, 1.807) is 7.11 Å². The van der Waals surface area contributed by atoms with E-state index >= 15 is 0 Å². The van der Waals surface area contributed by atoms with Gasteiger partial charge in [-0.1, -0.05) is 71.9 Å². The van der Waals surface area contributed by atoms with Gasteiger partial charge in [0.05, 0.1) is 17.7 Å². The molecule has 7 heteroatoms. The summed E-state index contributed by atoms with van der Waals surface area (Å²) < 4.78 is 11.7. The van der Waals surface area contributed by atoms with Crippen LogP contribution in [0.5, 0.6) is 11.5 Å². The second kappa shape index (κ2) is 10.6. The highest BCUT2D eigenvalue weighted by Gasteiger charge is 2.28. The molecule has 5 nitrogen and oxygen atoms in total. The highest BCUT2D eigenvalue weighted by Crippen LogP contribution is 2.37. The van der Waals surface area contributed by atoms with Gasteiger partial charge in [0.2, 0.25) is 0 Å². The number of carbonyl (C=O) groups excluding carboxylic acids is 1. The molecule has 5 rings (SSSR count). The van der Waals surface area contributed by atoms with Gasteiger partial charge in [0.1, 0.15) is 18.1 Å². The lowest BCUT2D eigenvalue weighted by atomic mass is 10.0. The number of methoxy groups -OCH3 is 1. The van der Waals surface area contributed by atoms with Crippen LogP contribution in [0.4, 0.5) is 5.69 Å². The van der Waals surface area contributed by atoms with E-state index in [1.165, 1.54) is 11.8 Å². The smallest absolute Gasteiger partial charge is 0.260 e. The maximum Gasteiger partial charge on any atom is 0.260 e. The highest BCUT2D eigenvalue weighted by molar-refractivity contribution is 8.05. The van der Waals surface area contributed by atoms with E-state index in [1.807, 2.05) is 85.8 Å². The minimum absolute atomic E-state index is 0.138. The van der Waals surface area contributed by atoms with Crippen molar-refractivity contribution in [2.24, 2.45) is 0 Å². The summed E-state index contributed by atoms with van der Waals surface area (Å²) in [7, 11) is 1.63. The molecule has 0 bridgehead atoms. The zero-order valence-electron chi connectivity index (χ0n) is 19.9. The number of hydrogen-bond acceptors (Lipinski definition) is 5. The molecule has 1 aliphatic rings. The number of ether oxygens (including phenoxy) is 2. The van der Waals surface area contributed by atoms with Gasteiger partial charge in [0.25, 0.3) is 5.91 Å². The fraction of sp³-hybridized carbons (Fsp3) is 0.138. The van der Waals surface area contributed by atoms with Crippen LogP contribution in [0, 0.1) is 6.92 Å². The van der Waals surface area contributed by atoms with Gasteiger partial charge in [0, 0.05) is 10.6 Å². The molecule has 0 radical (unpaired) electrons. The molecule has 1 unspecified atom stereocenters. The summed E-state index contributed by atoms with van der Waals surface area (Å²) in [6, 6.07) is 25.6. The van der Waals surface area contributed by atoms with Crippen LogP contribution >= 0.6 is 23.4 Å². The Bertz CT molecular complexity index is 1450. The van der Waals surface area contributed by atoms with E-state index < -0.39 is 0 Å². The third kappa shape index (κ3) is 5.30. The summed E-state index contributed by atoms with van der Waals surface area (Å²) in [6.45, 7) is 2.41. The van der Waals surface area contributed by atoms with Crippen molar-refractivity contribution in [1.29, 1.82) is 0 Å². The van der Waals surface area contributed by atoms with E-state index in [4.69, 9.17) is 21.1 Å². The zero-order chi connectivity index (χ0) is 25.1. The third-order valence-corrected chi connectivity index (χ3v) is 7.17. The number of fused-ring (bicyclic) bond motifs is 1. The van der Waals surface area contributed by atoms with Gasteiger partial charge < -0.3 is 20.1 Å². The predicted octanol–water partition coefficient (Wildman–Crippen LogP) is 6.99. The van der Waals surface area contributed by atoms with Gasteiger partial charge in [0.15, 0.2) is 5.50 Å². The van der Waals surface area contributed by atoms with Gasteiger partial charge in [-0.2, -0.15) is 0 Å². The van der Waals surface area contributed by atoms with Crippen molar-refractivity contribution >= 4 is 51.8 Å². The summed E-state index contributed by atoms with van der Waals surface area (Å²) in [6.07, 6.45) is 1.91. The standard InChI is InChI=1S/C29H25ClN2O3S/c1-18-7-13-26(34-2)24(15-18)31-29-32-28(33)27(36-29)16-23-22-6-4-3-5-20(22)10-14-25(23)35-17-19-8-11-21(30)12-9-19/h3-16,29,31H,17H2,1-2H3,(H,32,33)/b27-16-. The Labute approximate surface area is 219 Å². The number of halogens is 1. The van der Waals surface area contributed by atoms with Gasteiger partial charge in [-0.05, 0) is 65.2 Å². The average molecular weight is 517 g/mol. The van der Waals surface area contributed by atoms with Crippen LogP contribution in [0.2, 0.25) is 5.02 Å². The molecular weight excluding hydrogens is 492 g/mol. The van der Waals surface area contributed by atoms with Gasteiger partial charge in [-0.25, -0.2) is 0 Å². The number of thioether (sulfide) groups is 1. The van der Waals surface area contributed by atoms with Crippen LogP contribution in [0.3, 0.4) is 0 Å². The van der Waals surface area contributed by atoms with Gasteiger partial charge >= 0.3 is 0 Å². The van der Waals surface area contributed by atoms with Crippen LogP contribution in [-0.2, 0) is 11.4 Å². The van der Waals surface area contributed by atoms with E-state index in [2.05, 4.69) is 16.7 Å². The Kier molecular flexibility index (Phi) is 7.07. The average Bonchev–Trinajstić information content (AvgIpc) is 3.23. The first-order valence-electron chi connectivity index (χ1n) is 11.5. The number of benzene rings is 4. The molecule has 1 saturated heterocycles. The maximum atomic E-state index is 12.9. The first-order chi connectivity index (χ1) is 17.5. The van der Waals surface area contributed by atoms with Crippen molar-refractivity contribution in [3.63, 3.8) is 0 Å². The Morgan fingerprint density at radius 2 is 1.81 bits per heavy atom. The number of nitrogens with one attached hydrogen (secondary N) is 2. The molecular formula is C29H25ClN2O3S. The zero-order valence-corrected chi connectivity index (χ0v) is 21.5. The topological polar surface area (TPSA) is 59.6 Å². The van der Waals surface area contributed by atoms with Crippen LogP contribution < -0.4 is 20.1 Å². The maximum absolute atomic E-state index is 12.9. The quantitative estimate of drug-likeness (QED) is 0.259. The number of anilines is 1. The molecule has 1 fully saturated rings. The molecule has 4 aromatic rings. The van der Waals surface area contributed by atoms with Crippen LogP contribution in [0.1, 0.15) is 16.7 Å². The van der Waals surface area contributed by atoms with Crippen molar-refractivity contribution in [2.45, 2.75) is 19.0 Å². The first-order valence-corrected chi connectivity index (χ1v) is 12.8. The summed E-state index contributed by atoms with van der Waals surface area (Å²) in [5, 5.41) is 9.16. The van der Waals surface area contributed by atoms with Crippen molar-refractivity contribution < 1.29 is 14.3 Å². The lowest BCUT2D eigenvalue weighted by Crippen LogP contribution is -2.31. The Morgan fingerprint density at radius 1 is 1.03 bits per heavy atom. The second-order valence-electron chi connectivity index (χ2n) is 8.44. The number of aryl methyl sites for hydroxylation is 1. The molecule has 1 aliphatic heterocycles. The number of rotatable bonds is 7. The summed E-state index contributed by atoms with van der Waals surface area (Å²) in [4.78, 5) is 13.5. The van der Waals surface area contributed by atoms with E-state index in [0.29, 0.717) is 22.3 Å². The van der Waals surface area contributed by atoms with E-state index in [0.717, 1.165) is 38.9 Å². The summed E-state index contributed by atoms with van der Waals surface area (Å²) in [5.74, 6) is 1.29. The van der Waals surface area contributed by atoms with E-state index in [-0.39, 0.29) is 11.4 Å². The molecule has 36 heavy (non-hydrogen) atoms. The SMILES string of the molecule is COc1ccc(C)cc1NC1NC(=O)/C(=C/c2c(OCc3ccc(Cl)cc3)ccc3ccccc23)S1. The Morgan fingerprint density at radius 3 is 2.61 bits per heavy atom. The van der Waals surface area contributed by atoms with E-state index in [9.17, 15) is 4.79 Å². The summed E-state index contributed by atoms with van der Waals surface area (Å²) in [5.41, 5.74) is 3.48. The Balaban J connectivity index is 1.44. The molecule has 1 amide bonds. The molecule has 0 spiro atoms. The van der Waals surface area contributed by atoms with Crippen molar-refractivity contribution in [3.8, 4) is 11.5 Å². The van der Waals surface area contributed by atoms with Gasteiger partial charge in [-0.15, -0.1) is 0 Å². The molecule has 0 aromatic heterocycles. The molecule has 0 aliphatic carbocycles. The molecule has 182 valence electrons. The largest absolute Gasteiger partial charge is 0.495 e. The van der Waals surface area contributed by atoms with Crippen LogP contribution in [0.25, 0.3) is 16.8 Å². The minimum Gasteiger partial charge on any atom is -0.495 e. The predicted molar refractivity (Wildman–Crippen MR) is 149 cm³/mol. The molecule has 2 N–H and O–H groups in total. The summed E-state index contributed by atoms with van der Waals surface area (Å²) >= 11 is 7.45. The van der Waals surface area contributed by atoms with Crippen molar-refractivity contribution in [1.82, 2.24) is 5.32 Å². The van der Waals surface area contributed by atoms with Crippen molar-refractivity contribution in [2.75, 3.05) is 12.4 Å². The Hall–Kier alpha value is -3.61. The normalized spacial score (nSPS) is 16.2. The lowest BCUT2D eigenvalue weighted by Gasteiger charge is -2.16. The second-order valence-corrected chi connectivity index (χ2v) is 10.0. The number of amides is 1. The fourth-order valence-corrected chi connectivity index (χ4v) is 5.15. The first kappa shape index (κ1) is 24.1. The highest BCUT2D eigenvalue weighted by atomic mass is 35.5. The third-order valence-electron chi connectivity index (χ3n) is 5.89. The lowest BCUT2D eigenvalue weighted by molar-refractivity contribution is -0.116. The van der Waals surface area contributed by atoms with Crippen molar-refractivity contribution in [3.05, 3.63) is 105 Å². The van der Waals surface area contributed by atoms with Crippen LogP contribution in [0.15, 0.2) is 83.8 Å². The fourth-order valence-electron chi connectivity index (χ4n) is 4.06. The number of carbonyl (C=O) groups is 1. The molecule has 4 aromatic carbocycles.